The number of carbonyl (C=O) groups is 1. The van der Waals surface area contributed by atoms with Gasteiger partial charge in [0.25, 0.3) is 0 Å². The van der Waals surface area contributed by atoms with Gasteiger partial charge >= 0.3 is 5.97 Å². The Kier molecular flexibility index (Phi) is 3.77. The molecular weight excluding hydrogens is 318 g/mol. The van der Waals surface area contributed by atoms with Gasteiger partial charge in [0.2, 0.25) is 0 Å². The van der Waals surface area contributed by atoms with E-state index in [9.17, 15) is 10.1 Å². The molecule has 0 bridgehead atoms. The van der Waals surface area contributed by atoms with Crippen LogP contribution in [0.2, 0.25) is 0 Å². The maximum absolute atomic E-state index is 11.7. The molecule has 0 atom stereocenters. The Hall–Kier alpha value is -3.07. The summed E-state index contributed by atoms with van der Waals surface area (Å²) in [5.74, 6) is -0.0299. The predicted octanol–water partition coefficient (Wildman–Crippen LogP) is 4.07. The van der Waals surface area contributed by atoms with Crippen LogP contribution in [0, 0.1) is 11.3 Å². The first-order chi connectivity index (χ1) is 12.2. The van der Waals surface area contributed by atoms with Crippen molar-refractivity contribution in [3.05, 3.63) is 41.7 Å². The van der Waals surface area contributed by atoms with Gasteiger partial charge in [0.1, 0.15) is 6.07 Å². The molecule has 4 rings (SSSR count). The van der Waals surface area contributed by atoms with Crippen molar-refractivity contribution in [2.45, 2.75) is 32.2 Å². The molecule has 1 aliphatic carbocycles. The van der Waals surface area contributed by atoms with Crippen LogP contribution in [0.5, 0.6) is 0 Å². The van der Waals surface area contributed by atoms with E-state index in [0.717, 1.165) is 29.3 Å². The van der Waals surface area contributed by atoms with Gasteiger partial charge in [0, 0.05) is 34.8 Å². The fraction of sp³-hybridized carbons (Fsp3) is 0.316. The highest BCUT2D eigenvalue weighted by Crippen LogP contribution is 2.37. The lowest BCUT2D eigenvalue weighted by molar-refractivity contribution is 0.0514. The van der Waals surface area contributed by atoms with Crippen molar-refractivity contribution in [3.8, 4) is 17.4 Å². The van der Waals surface area contributed by atoms with E-state index >= 15 is 0 Å². The van der Waals surface area contributed by atoms with E-state index in [4.69, 9.17) is 9.26 Å². The molecule has 126 valence electrons. The average Bonchev–Trinajstić information content (AvgIpc) is 3.18. The second-order valence-corrected chi connectivity index (χ2v) is 6.18. The van der Waals surface area contributed by atoms with Crippen molar-refractivity contribution in [1.82, 2.24) is 9.72 Å². The Morgan fingerprint density at radius 2 is 2.28 bits per heavy atom. The highest BCUT2D eigenvalue weighted by Gasteiger charge is 2.23. The summed E-state index contributed by atoms with van der Waals surface area (Å²) < 4.78 is 12.4. The SMILES string of the molecule is CCOC(=O)c1cc(-c2ccc3c(c2)c(C#N)cn3C2CCC2)on1. The lowest BCUT2D eigenvalue weighted by Gasteiger charge is -2.27. The molecule has 0 radical (unpaired) electrons. The van der Waals surface area contributed by atoms with Gasteiger partial charge in [-0.15, -0.1) is 0 Å². The third-order valence-electron chi connectivity index (χ3n) is 4.70. The van der Waals surface area contributed by atoms with E-state index in [1.807, 2.05) is 24.4 Å². The number of hydrogen-bond donors (Lipinski definition) is 0. The lowest BCUT2D eigenvalue weighted by Crippen LogP contribution is -2.15. The maximum Gasteiger partial charge on any atom is 0.360 e. The van der Waals surface area contributed by atoms with Crippen LogP contribution in [0.25, 0.3) is 22.2 Å². The van der Waals surface area contributed by atoms with Crippen LogP contribution < -0.4 is 0 Å². The fourth-order valence-corrected chi connectivity index (χ4v) is 3.18. The number of nitriles is 1. The van der Waals surface area contributed by atoms with Gasteiger partial charge in [-0.3, -0.25) is 0 Å². The Bertz CT molecular complexity index is 989. The first-order valence-corrected chi connectivity index (χ1v) is 8.40. The molecule has 25 heavy (non-hydrogen) atoms. The summed E-state index contributed by atoms with van der Waals surface area (Å²) >= 11 is 0. The summed E-state index contributed by atoms with van der Waals surface area (Å²) in [6.07, 6.45) is 5.48. The number of esters is 1. The van der Waals surface area contributed by atoms with E-state index in [1.54, 1.807) is 13.0 Å². The normalized spacial score (nSPS) is 14.2. The van der Waals surface area contributed by atoms with E-state index in [2.05, 4.69) is 15.8 Å². The molecule has 2 heterocycles. The van der Waals surface area contributed by atoms with E-state index < -0.39 is 5.97 Å². The number of ether oxygens (including phenoxy) is 1. The van der Waals surface area contributed by atoms with Crippen molar-refractivity contribution >= 4 is 16.9 Å². The molecule has 6 nitrogen and oxygen atoms in total. The summed E-state index contributed by atoms with van der Waals surface area (Å²) in [7, 11) is 0. The van der Waals surface area contributed by atoms with Gasteiger partial charge in [-0.05, 0) is 44.4 Å². The second-order valence-electron chi connectivity index (χ2n) is 6.18. The van der Waals surface area contributed by atoms with Crippen LogP contribution in [-0.2, 0) is 4.74 Å². The monoisotopic (exact) mass is 335 g/mol. The molecule has 3 aromatic rings. The van der Waals surface area contributed by atoms with Gasteiger partial charge in [-0.1, -0.05) is 5.16 Å². The zero-order valence-corrected chi connectivity index (χ0v) is 13.9. The first kappa shape index (κ1) is 15.5. The van der Waals surface area contributed by atoms with Crippen LogP contribution in [-0.4, -0.2) is 22.3 Å². The van der Waals surface area contributed by atoms with Crippen molar-refractivity contribution in [3.63, 3.8) is 0 Å². The van der Waals surface area contributed by atoms with Crippen molar-refractivity contribution in [2.75, 3.05) is 6.61 Å². The van der Waals surface area contributed by atoms with Crippen LogP contribution in [0.15, 0.2) is 35.0 Å². The number of rotatable bonds is 4. The summed E-state index contributed by atoms with van der Waals surface area (Å²) in [6.45, 7) is 2.02. The fourth-order valence-electron chi connectivity index (χ4n) is 3.18. The number of hydrogen-bond acceptors (Lipinski definition) is 5. The number of aromatic nitrogens is 2. The van der Waals surface area contributed by atoms with Crippen LogP contribution >= 0.6 is 0 Å². The predicted molar refractivity (Wildman–Crippen MR) is 91.0 cm³/mol. The molecule has 0 aliphatic heterocycles. The van der Waals surface area contributed by atoms with Crippen molar-refractivity contribution in [2.24, 2.45) is 0 Å². The number of carbonyl (C=O) groups excluding carboxylic acids is 1. The lowest BCUT2D eigenvalue weighted by atomic mass is 9.93. The number of nitrogens with zero attached hydrogens (tertiary/aromatic N) is 3. The molecular formula is C19H17N3O3. The third kappa shape index (κ3) is 2.58. The van der Waals surface area contributed by atoms with Crippen LogP contribution in [0.1, 0.15) is 48.3 Å². The van der Waals surface area contributed by atoms with Gasteiger partial charge in [0.15, 0.2) is 11.5 Å². The van der Waals surface area contributed by atoms with Crippen LogP contribution in [0.3, 0.4) is 0 Å². The van der Waals surface area contributed by atoms with Crippen LogP contribution in [0.4, 0.5) is 0 Å². The Labute approximate surface area is 144 Å². The molecule has 0 saturated heterocycles. The minimum atomic E-state index is -0.507. The van der Waals surface area contributed by atoms with Crippen molar-refractivity contribution < 1.29 is 14.1 Å². The highest BCUT2D eigenvalue weighted by atomic mass is 16.5. The number of fused-ring (bicyclic) bond motifs is 1. The quantitative estimate of drug-likeness (QED) is 0.671. The van der Waals surface area contributed by atoms with Gasteiger partial charge < -0.3 is 13.8 Å². The Morgan fingerprint density at radius 3 is 2.96 bits per heavy atom. The summed E-state index contributed by atoms with van der Waals surface area (Å²) in [6, 6.07) is 10.2. The van der Waals surface area contributed by atoms with Gasteiger partial charge in [-0.25, -0.2) is 4.79 Å². The maximum atomic E-state index is 11.7. The molecule has 0 spiro atoms. The molecule has 1 aliphatic rings. The van der Waals surface area contributed by atoms with E-state index in [1.165, 1.54) is 6.42 Å². The molecule has 6 heteroatoms. The zero-order chi connectivity index (χ0) is 17.4. The molecule has 0 unspecified atom stereocenters. The largest absolute Gasteiger partial charge is 0.461 e. The standard InChI is InChI=1S/C19H17N3O3/c1-2-24-19(23)16-9-18(25-21-16)12-6-7-17-15(8-12)13(10-20)11-22(17)14-4-3-5-14/h6-9,11,14H,2-5H2,1H3. The minimum absolute atomic E-state index is 0.143. The molecule has 1 saturated carbocycles. The third-order valence-corrected chi connectivity index (χ3v) is 4.70. The van der Waals surface area contributed by atoms with Gasteiger partial charge in [0.05, 0.1) is 12.2 Å². The minimum Gasteiger partial charge on any atom is -0.461 e. The topological polar surface area (TPSA) is 81.0 Å². The van der Waals surface area contributed by atoms with Crippen molar-refractivity contribution in [1.29, 1.82) is 5.26 Å². The molecule has 0 amide bonds. The second kappa shape index (κ2) is 6.10. The molecule has 0 N–H and O–H groups in total. The average molecular weight is 335 g/mol. The summed E-state index contributed by atoms with van der Waals surface area (Å²) in [5, 5.41) is 14.1. The summed E-state index contributed by atoms with van der Waals surface area (Å²) in [5.41, 5.74) is 2.62. The first-order valence-electron chi connectivity index (χ1n) is 8.40. The Balaban J connectivity index is 1.74. The zero-order valence-electron chi connectivity index (χ0n) is 13.9. The van der Waals surface area contributed by atoms with E-state index in [0.29, 0.717) is 17.4 Å². The smallest absolute Gasteiger partial charge is 0.360 e. The van der Waals surface area contributed by atoms with E-state index in [-0.39, 0.29) is 12.3 Å². The highest BCUT2D eigenvalue weighted by molar-refractivity contribution is 5.91. The Morgan fingerprint density at radius 1 is 1.44 bits per heavy atom. The molecule has 1 fully saturated rings. The molecule has 2 aromatic heterocycles. The van der Waals surface area contributed by atoms with Gasteiger partial charge in [-0.2, -0.15) is 5.26 Å². The summed E-state index contributed by atoms with van der Waals surface area (Å²) in [4.78, 5) is 11.7. The molecule has 1 aromatic carbocycles. The number of benzene rings is 1.